The number of nitrogens with zero attached hydrogens (tertiary/aromatic N) is 3. The molecule has 228 valence electrons. The maximum Gasteiger partial charge on any atom is 0.490 e. The summed E-state index contributed by atoms with van der Waals surface area (Å²) in [6, 6.07) is 8.10. The molecule has 15 heteroatoms. The normalized spacial score (nSPS) is 19.1. The van der Waals surface area contributed by atoms with Gasteiger partial charge in [-0.3, -0.25) is 14.7 Å². The Morgan fingerprint density at radius 3 is 2.05 bits per heavy atom. The van der Waals surface area contributed by atoms with Gasteiger partial charge in [0, 0.05) is 37.4 Å². The highest BCUT2D eigenvalue weighted by Crippen LogP contribution is 2.38. The predicted molar refractivity (Wildman–Crippen MR) is 132 cm³/mol. The lowest BCUT2D eigenvalue weighted by molar-refractivity contribution is -0.193. The van der Waals surface area contributed by atoms with Crippen LogP contribution in [-0.4, -0.2) is 80.4 Å². The number of amides is 1. The van der Waals surface area contributed by atoms with E-state index in [0.717, 1.165) is 56.1 Å². The third-order valence-corrected chi connectivity index (χ3v) is 6.63. The SMILES string of the molecule is Cc1ccc(CN2CCCC23CCCN(C(=O)CCc2cccnc2)C3)o1.O=C(O)C(F)(F)F.O=C(O)C(F)(F)F. The van der Waals surface area contributed by atoms with Gasteiger partial charge in [-0.2, -0.15) is 26.3 Å². The van der Waals surface area contributed by atoms with Crippen LogP contribution in [-0.2, 0) is 27.3 Å². The number of likely N-dealkylation sites (tertiary alicyclic amines) is 2. The van der Waals surface area contributed by atoms with Crippen molar-refractivity contribution in [1.29, 1.82) is 0 Å². The summed E-state index contributed by atoms with van der Waals surface area (Å²) >= 11 is 0. The van der Waals surface area contributed by atoms with E-state index in [1.54, 1.807) is 6.20 Å². The van der Waals surface area contributed by atoms with Crippen molar-refractivity contribution in [3.63, 3.8) is 0 Å². The van der Waals surface area contributed by atoms with Crippen molar-refractivity contribution in [3.8, 4) is 0 Å². The third-order valence-electron chi connectivity index (χ3n) is 6.63. The first kappa shape index (κ1) is 33.6. The number of hydrogen-bond acceptors (Lipinski definition) is 6. The van der Waals surface area contributed by atoms with Gasteiger partial charge in [-0.1, -0.05) is 6.07 Å². The first-order valence-electron chi connectivity index (χ1n) is 12.6. The molecular formula is C26H31F6N3O6. The molecule has 2 aliphatic rings. The van der Waals surface area contributed by atoms with E-state index < -0.39 is 24.3 Å². The first-order valence-corrected chi connectivity index (χ1v) is 12.6. The van der Waals surface area contributed by atoms with Crippen molar-refractivity contribution in [2.24, 2.45) is 0 Å². The number of carboxylic acid groups (broad SMARTS) is 2. The van der Waals surface area contributed by atoms with Gasteiger partial charge in [0.25, 0.3) is 0 Å². The van der Waals surface area contributed by atoms with Crippen LogP contribution < -0.4 is 0 Å². The number of pyridine rings is 1. The Kier molecular flexibility index (Phi) is 11.7. The van der Waals surface area contributed by atoms with E-state index in [0.29, 0.717) is 6.42 Å². The molecule has 0 aromatic carbocycles. The Morgan fingerprint density at radius 1 is 0.976 bits per heavy atom. The predicted octanol–water partition coefficient (Wildman–Crippen LogP) is 4.84. The standard InChI is InChI=1S/C22H29N3O2.2C2HF3O2/c1-18-6-8-20(27-18)16-25-14-4-11-22(25)10-3-13-24(17-22)21(26)9-7-19-5-2-12-23-15-19;2*3-2(4,5)1(6)7/h2,5-6,8,12,15H,3-4,7,9-11,13-14,16-17H2,1H3;2*(H,6,7). The molecule has 1 spiro atoms. The molecule has 2 aliphatic heterocycles. The highest BCUT2D eigenvalue weighted by Gasteiger charge is 2.45. The molecule has 1 atom stereocenters. The van der Waals surface area contributed by atoms with Crippen molar-refractivity contribution in [3.05, 3.63) is 53.7 Å². The molecule has 1 unspecified atom stereocenters. The summed E-state index contributed by atoms with van der Waals surface area (Å²) in [4.78, 5) is 39.4. The Bertz CT molecular complexity index is 1130. The van der Waals surface area contributed by atoms with Crippen molar-refractivity contribution in [1.82, 2.24) is 14.8 Å². The topological polar surface area (TPSA) is 124 Å². The van der Waals surface area contributed by atoms with E-state index in [2.05, 4.69) is 20.9 Å². The van der Waals surface area contributed by atoms with Crippen LogP contribution in [0.4, 0.5) is 26.3 Å². The lowest BCUT2D eigenvalue weighted by Crippen LogP contribution is -2.56. The van der Waals surface area contributed by atoms with Gasteiger partial charge in [0.1, 0.15) is 11.5 Å². The monoisotopic (exact) mass is 595 g/mol. The molecule has 9 nitrogen and oxygen atoms in total. The number of aliphatic carboxylic acids is 2. The quantitative estimate of drug-likeness (QED) is 0.471. The Hall–Kier alpha value is -3.62. The maximum atomic E-state index is 12.8. The zero-order chi connectivity index (χ0) is 30.8. The van der Waals surface area contributed by atoms with E-state index >= 15 is 0 Å². The number of hydrogen-bond donors (Lipinski definition) is 2. The highest BCUT2D eigenvalue weighted by atomic mass is 19.4. The summed E-state index contributed by atoms with van der Waals surface area (Å²) in [5.41, 5.74) is 1.26. The number of rotatable bonds is 5. The largest absolute Gasteiger partial charge is 0.490 e. The molecule has 4 heterocycles. The summed E-state index contributed by atoms with van der Waals surface area (Å²) < 4.78 is 69.3. The third kappa shape index (κ3) is 10.7. The number of halogens is 6. The van der Waals surface area contributed by atoms with Crippen LogP contribution in [0, 0.1) is 6.92 Å². The zero-order valence-corrected chi connectivity index (χ0v) is 22.2. The fourth-order valence-corrected chi connectivity index (χ4v) is 4.74. The second kappa shape index (κ2) is 14.3. The molecule has 2 aromatic rings. The van der Waals surface area contributed by atoms with Crippen LogP contribution in [0.15, 0.2) is 41.1 Å². The summed E-state index contributed by atoms with van der Waals surface area (Å²) in [6.07, 6.45) is -0.545. The van der Waals surface area contributed by atoms with E-state index in [4.69, 9.17) is 24.2 Å². The number of alkyl halides is 6. The van der Waals surface area contributed by atoms with Crippen LogP contribution in [0.2, 0.25) is 0 Å². The summed E-state index contributed by atoms with van der Waals surface area (Å²) in [5, 5.41) is 14.2. The second-order valence-electron chi connectivity index (χ2n) is 9.65. The van der Waals surface area contributed by atoms with Gasteiger partial charge in [0.2, 0.25) is 5.91 Å². The second-order valence-corrected chi connectivity index (χ2v) is 9.65. The van der Waals surface area contributed by atoms with Crippen LogP contribution in [0.1, 0.15) is 49.2 Å². The Balaban J connectivity index is 0.000000349. The van der Waals surface area contributed by atoms with Crippen molar-refractivity contribution >= 4 is 17.8 Å². The van der Waals surface area contributed by atoms with Gasteiger partial charge >= 0.3 is 24.3 Å². The fraction of sp³-hybridized carbons (Fsp3) is 0.538. The van der Waals surface area contributed by atoms with Gasteiger partial charge in [-0.25, -0.2) is 9.59 Å². The number of carbonyl (C=O) groups is 3. The van der Waals surface area contributed by atoms with E-state index in [-0.39, 0.29) is 11.4 Å². The number of aromatic nitrogens is 1. The minimum atomic E-state index is -5.08. The molecule has 0 saturated carbocycles. The lowest BCUT2D eigenvalue weighted by atomic mass is 9.86. The van der Waals surface area contributed by atoms with Gasteiger partial charge < -0.3 is 19.5 Å². The van der Waals surface area contributed by atoms with Gasteiger partial charge in [-0.05, 0) is 69.3 Å². The molecular weight excluding hydrogens is 564 g/mol. The lowest BCUT2D eigenvalue weighted by Gasteiger charge is -2.46. The average molecular weight is 596 g/mol. The number of aryl methyl sites for hydroxylation is 2. The molecule has 2 fully saturated rings. The van der Waals surface area contributed by atoms with E-state index in [9.17, 15) is 31.1 Å². The minimum Gasteiger partial charge on any atom is -0.475 e. The molecule has 2 aromatic heterocycles. The molecule has 1 amide bonds. The number of carbonyl (C=O) groups excluding carboxylic acids is 1. The molecule has 41 heavy (non-hydrogen) atoms. The van der Waals surface area contributed by atoms with Crippen molar-refractivity contribution in [2.75, 3.05) is 19.6 Å². The van der Waals surface area contributed by atoms with Crippen molar-refractivity contribution in [2.45, 2.75) is 69.9 Å². The minimum absolute atomic E-state index is 0.128. The number of piperidine rings is 1. The van der Waals surface area contributed by atoms with Gasteiger partial charge in [0.05, 0.1) is 6.54 Å². The number of carboxylic acids is 2. The molecule has 4 rings (SSSR count). The average Bonchev–Trinajstić information content (AvgIpc) is 3.48. The van der Waals surface area contributed by atoms with Gasteiger partial charge in [0.15, 0.2) is 0 Å². The molecule has 2 saturated heterocycles. The smallest absolute Gasteiger partial charge is 0.475 e. The van der Waals surface area contributed by atoms with Crippen molar-refractivity contribution < 1.29 is 55.4 Å². The zero-order valence-electron chi connectivity index (χ0n) is 22.2. The summed E-state index contributed by atoms with van der Waals surface area (Å²) in [5.74, 6) is -3.23. The molecule has 0 bridgehead atoms. The van der Waals surface area contributed by atoms with Gasteiger partial charge in [-0.15, -0.1) is 0 Å². The molecule has 2 N–H and O–H groups in total. The Morgan fingerprint density at radius 2 is 1.56 bits per heavy atom. The fourth-order valence-electron chi connectivity index (χ4n) is 4.74. The number of furan rings is 1. The maximum absolute atomic E-state index is 12.8. The summed E-state index contributed by atoms with van der Waals surface area (Å²) in [7, 11) is 0. The first-order chi connectivity index (χ1) is 19.0. The summed E-state index contributed by atoms with van der Waals surface area (Å²) in [6.45, 7) is 5.69. The highest BCUT2D eigenvalue weighted by molar-refractivity contribution is 5.76. The van der Waals surface area contributed by atoms with Crippen LogP contribution >= 0.6 is 0 Å². The van der Waals surface area contributed by atoms with Crippen LogP contribution in [0.25, 0.3) is 0 Å². The van der Waals surface area contributed by atoms with E-state index in [1.165, 1.54) is 19.3 Å². The molecule has 0 radical (unpaired) electrons. The Labute approximate surface area is 231 Å². The molecule has 0 aliphatic carbocycles. The van der Waals surface area contributed by atoms with E-state index in [1.807, 2.05) is 31.3 Å². The van der Waals surface area contributed by atoms with Crippen LogP contribution in [0.3, 0.4) is 0 Å². The van der Waals surface area contributed by atoms with Crippen LogP contribution in [0.5, 0.6) is 0 Å².